The molecule has 0 aliphatic heterocycles. The summed E-state index contributed by atoms with van der Waals surface area (Å²) in [5, 5.41) is 11.0. The fraction of sp³-hybridized carbons (Fsp3) is 0.0370. The van der Waals surface area contributed by atoms with E-state index in [0.29, 0.717) is 27.6 Å². The predicted molar refractivity (Wildman–Crippen MR) is 140 cm³/mol. The highest BCUT2D eigenvalue weighted by atomic mass is 79.9. The van der Waals surface area contributed by atoms with Crippen LogP contribution < -0.4 is 15.9 Å². The van der Waals surface area contributed by atoms with Crippen LogP contribution in [0.2, 0.25) is 0 Å². The molecule has 0 saturated heterocycles. The number of halogens is 2. The van der Waals surface area contributed by atoms with Crippen LogP contribution in [-0.2, 0) is 0 Å². The summed E-state index contributed by atoms with van der Waals surface area (Å²) in [6, 6.07) is 21.0. The molecule has 2 heterocycles. The van der Waals surface area contributed by atoms with Crippen LogP contribution >= 0.6 is 27.7 Å². The van der Waals surface area contributed by atoms with Crippen molar-refractivity contribution >= 4 is 38.7 Å². The van der Waals surface area contributed by atoms with Gasteiger partial charge in [0.15, 0.2) is 5.75 Å². The molecule has 0 aliphatic rings. The van der Waals surface area contributed by atoms with Crippen LogP contribution in [0.5, 0.6) is 11.5 Å². The van der Waals surface area contributed by atoms with Crippen molar-refractivity contribution in [2.45, 2.75) is 9.79 Å². The second kappa shape index (κ2) is 9.67. The first-order valence-electron chi connectivity index (χ1n) is 10.7. The van der Waals surface area contributed by atoms with Crippen molar-refractivity contribution in [3.8, 4) is 28.4 Å². The van der Waals surface area contributed by atoms with Gasteiger partial charge in [-0.1, -0.05) is 23.9 Å². The van der Waals surface area contributed by atoms with Crippen LogP contribution in [0, 0.1) is 5.82 Å². The van der Waals surface area contributed by atoms with Crippen molar-refractivity contribution in [2.75, 3.05) is 7.11 Å². The number of hydrogen-bond acceptors (Lipinski definition) is 6. The zero-order valence-corrected chi connectivity index (χ0v) is 21.1. The lowest BCUT2D eigenvalue weighted by Crippen LogP contribution is -2.21. The van der Waals surface area contributed by atoms with E-state index in [-0.39, 0.29) is 15.9 Å². The normalized spacial score (nSPS) is 11.1. The second-order valence-electron chi connectivity index (χ2n) is 7.71. The number of aromatic hydroxyl groups is 1. The summed E-state index contributed by atoms with van der Waals surface area (Å²) in [5.41, 5.74) is -0.123. The third-order valence-corrected chi connectivity index (χ3v) is 7.63. The molecular formula is C27H17BrFNO5S. The molecule has 0 amide bonds. The summed E-state index contributed by atoms with van der Waals surface area (Å²) in [4.78, 5) is 27.3. The number of fused-ring (bicyclic) bond motifs is 1. The molecule has 0 atom stereocenters. The molecule has 6 nitrogen and oxygen atoms in total. The lowest BCUT2D eigenvalue weighted by Gasteiger charge is -2.16. The SMILES string of the molecule is COc1ccc(-n2c(-c3ccc(F)cc3)cc3oc(=O)c(Sc4ccccc4Br)c(O)c3c2=O)cc1. The Morgan fingerprint density at radius 2 is 1.69 bits per heavy atom. The number of hydrogen-bond donors (Lipinski definition) is 1. The van der Waals surface area contributed by atoms with E-state index in [9.17, 15) is 19.1 Å². The van der Waals surface area contributed by atoms with Crippen LogP contribution in [0.15, 0.2) is 107 Å². The second-order valence-corrected chi connectivity index (χ2v) is 9.62. The highest BCUT2D eigenvalue weighted by molar-refractivity contribution is 9.10. The average molecular weight is 566 g/mol. The highest BCUT2D eigenvalue weighted by Crippen LogP contribution is 2.39. The number of ether oxygens (including phenoxy) is 1. The number of aromatic nitrogens is 1. The van der Waals surface area contributed by atoms with Gasteiger partial charge in [0.1, 0.15) is 27.4 Å². The maximum absolute atomic E-state index is 13.9. The smallest absolute Gasteiger partial charge is 0.354 e. The van der Waals surface area contributed by atoms with Crippen LogP contribution in [0.3, 0.4) is 0 Å². The quantitative estimate of drug-likeness (QED) is 0.266. The van der Waals surface area contributed by atoms with Crippen molar-refractivity contribution in [1.82, 2.24) is 4.57 Å². The maximum Gasteiger partial charge on any atom is 0.354 e. The highest BCUT2D eigenvalue weighted by Gasteiger charge is 2.23. The Hall–Kier alpha value is -3.82. The van der Waals surface area contributed by atoms with E-state index in [0.717, 1.165) is 16.2 Å². The Balaban J connectivity index is 1.80. The molecule has 9 heteroatoms. The van der Waals surface area contributed by atoms with E-state index in [2.05, 4.69) is 15.9 Å². The fourth-order valence-corrected chi connectivity index (χ4v) is 5.17. The number of benzene rings is 3. The number of pyridine rings is 1. The zero-order chi connectivity index (χ0) is 25.4. The largest absolute Gasteiger partial charge is 0.505 e. The van der Waals surface area contributed by atoms with E-state index >= 15 is 0 Å². The molecule has 5 rings (SSSR count). The third kappa shape index (κ3) is 4.31. The van der Waals surface area contributed by atoms with Gasteiger partial charge in [-0.05, 0) is 82.2 Å². The van der Waals surface area contributed by atoms with Crippen LogP contribution in [-0.4, -0.2) is 16.8 Å². The van der Waals surface area contributed by atoms with Gasteiger partial charge in [-0.15, -0.1) is 0 Å². The first-order chi connectivity index (χ1) is 17.4. The summed E-state index contributed by atoms with van der Waals surface area (Å²) in [6.45, 7) is 0. The van der Waals surface area contributed by atoms with Crippen LogP contribution in [0.4, 0.5) is 4.39 Å². The van der Waals surface area contributed by atoms with E-state index in [4.69, 9.17) is 9.15 Å². The molecule has 0 unspecified atom stereocenters. The van der Waals surface area contributed by atoms with Gasteiger partial charge in [0, 0.05) is 21.1 Å². The van der Waals surface area contributed by atoms with Gasteiger partial charge < -0.3 is 14.3 Å². The number of nitrogens with zero attached hydrogens (tertiary/aromatic N) is 1. The molecule has 180 valence electrons. The first kappa shape index (κ1) is 23.9. The molecule has 0 spiro atoms. The van der Waals surface area contributed by atoms with E-state index in [1.807, 2.05) is 6.07 Å². The monoisotopic (exact) mass is 565 g/mol. The molecule has 5 aromatic rings. The van der Waals surface area contributed by atoms with E-state index in [1.54, 1.807) is 42.5 Å². The van der Waals surface area contributed by atoms with Gasteiger partial charge in [-0.3, -0.25) is 9.36 Å². The number of methoxy groups -OCH3 is 1. The fourth-order valence-electron chi connectivity index (χ4n) is 3.79. The van der Waals surface area contributed by atoms with Gasteiger partial charge in [-0.25, -0.2) is 9.18 Å². The summed E-state index contributed by atoms with van der Waals surface area (Å²) >= 11 is 4.41. The van der Waals surface area contributed by atoms with Crippen LogP contribution in [0.25, 0.3) is 27.9 Å². The molecule has 0 radical (unpaired) electrons. The lowest BCUT2D eigenvalue weighted by molar-refractivity contribution is 0.414. The summed E-state index contributed by atoms with van der Waals surface area (Å²) in [5.74, 6) is -0.312. The summed E-state index contributed by atoms with van der Waals surface area (Å²) < 4.78 is 26.5. The Bertz CT molecular complexity index is 1710. The Morgan fingerprint density at radius 1 is 1.00 bits per heavy atom. The van der Waals surface area contributed by atoms with Crippen molar-refractivity contribution in [1.29, 1.82) is 0 Å². The predicted octanol–water partition coefficient (Wildman–Crippen LogP) is 6.38. The first-order valence-corrected chi connectivity index (χ1v) is 12.3. The molecule has 2 aromatic heterocycles. The average Bonchev–Trinajstić information content (AvgIpc) is 2.88. The molecule has 0 fully saturated rings. The maximum atomic E-state index is 13.9. The van der Waals surface area contributed by atoms with Gasteiger partial charge in [0.05, 0.1) is 12.8 Å². The Kier molecular flexibility index (Phi) is 6.42. The minimum Gasteiger partial charge on any atom is -0.505 e. The standard InChI is InChI=1S/C27H17BrFNO5S/c1-34-18-12-10-17(11-13-18)30-20(15-6-8-16(29)9-7-15)14-21-23(26(30)32)24(31)25(27(33)35-21)36-22-5-3-2-4-19(22)28/h2-14,31H,1H3. The summed E-state index contributed by atoms with van der Waals surface area (Å²) in [6.07, 6.45) is 0. The summed E-state index contributed by atoms with van der Waals surface area (Å²) in [7, 11) is 1.53. The lowest BCUT2D eigenvalue weighted by atomic mass is 10.1. The van der Waals surface area contributed by atoms with Crippen molar-refractivity contribution in [2.24, 2.45) is 0 Å². The van der Waals surface area contributed by atoms with Gasteiger partial charge in [0.25, 0.3) is 5.56 Å². The Morgan fingerprint density at radius 3 is 2.36 bits per heavy atom. The third-order valence-electron chi connectivity index (χ3n) is 5.53. The molecule has 3 aromatic carbocycles. The topological polar surface area (TPSA) is 81.7 Å². The minimum absolute atomic E-state index is 0.0805. The van der Waals surface area contributed by atoms with E-state index < -0.39 is 22.8 Å². The molecule has 0 saturated carbocycles. The van der Waals surface area contributed by atoms with E-state index in [1.165, 1.54) is 42.0 Å². The number of rotatable bonds is 5. The van der Waals surface area contributed by atoms with Crippen LogP contribution in [0.1, 0.15) is 0 Å². The molecule has 0 bridgehead atoms. The zero-order valence-electron chi connectivity index (χ0n) is 18.7. The molecule has 1 N–H and O–H groups in total. The molecule has 0 aliphatic carbocycles. The minimum atomic E-state index is -0.785. The van der Waals surface area contributed by atoms with Gasteiger partial charge in [0.2, 0.25) is 0 Å². The van der Waals surface area contributed by atoms with Crippen molar-refractivity contribution < 1.29 is 18.7 Å². The Labute approximate surface area is 216 Å². The van der Waals surface area contributed by atoms with Crippen molar-refractivity contribution in [3.05, 3.63) is 110 Å². The molecule has 36 heavy (non-hydrogen) atoms. The van der Waals surface area contributed by atoms with Crippen molar-refractivity contribution in [3.63, 3.8) is 0 Å². The van der Waals surface area contributed by atoms with Gasteiger partial charge >= 0.3 is 5.63 Å². The van der Waals surface area contributed by atoms with Gasteiger partial charge in [-0.2, -0.15) is 0 Å². The molecular weight excluding hydrogens is 549 g/mol.